The van der Waals surface area contributed by atoms with Gasteiger partial charge in [0.2, 0.25) is 0 Å². The Bertz CT molecular complexity index is 646. The zero-order valence-corrected chi connectivity index (χ0v) is 11.4. The van der Waals surface area contributed by atoms with Crippen molar-refractivity contribution in [1.29, 1.82) is 0 Å². The molecule has 5 heteroatoms. The number of carbonyl (C=O) groups excluding carboxylic acids is 1. The third kappa shape index (κ3) is 3.00. The summed E-state index contributed by atoms with van der Waals surface area (Å²) in [6, 6.07) is 8.90. The van der Waals surface area contributed by atoms with E-state index in [-0.39, 0.29) is 10.8 Å². The predicted molar refractivity (Wildman–Crippen MR) is 75.1 cm³/mol. The molecular formula is C14H13NO3S. The van der Waals surface area contributed by atoms with Crippen molar-refractivity contribution >= 4 is 28.2 Å². The minimum atomic E-state index is -0.974. The molecule has 0 bridgehead atoms. The third-order valence-corrected chi connectivity index (χ3v) is 3.77. The topological polar surface area (TPSA) is 66.4 Å². The van der Waals surface area contributed by atoms with E-state index in [0.29, 0.717) is 16.1 Å². The molecule has 0 spiro atoms. The number of carboxylic acids is 1. The number of thiophene rings is 1. The Kier molecular flexibility index (Phi) is 3.66. The fourth-order valence-corrected chi connectivity index (χ4v) is 2.63. The number of nitrogens with one attached hydrogen (secondary N) is 1. The molecule has 2 rings (SSSR count). The number of carbonyl (C=O) groups is 2. The molecule has 2 aromatic rings. The Morgan fingerprint density at radius 3 is 2.53 bits per heavy atom. The van der Waals surface area contributed by atoms with E-state index < -0.39 is 5.97 Å². The predicted octanol–water partition coefficient (Wildman–Crippen LogP) is 3.32. The lowest BCUT2D eigenvalue weighted by atomic mass is 10.1. The van der Waals surface area contributed by atoms with Gasteiger partial charge < -0.3 is 10.4 Å². The van der Waals surface area contributed by atoms with Gasteiger partial charge in [-0.25, -0.2) is 4.79 Å². The van der Waals surface area contributed by atoms with Crippen molar-refractivity contribution in [2.24, 2.45) is 0 Å². The van der Waals surface area contributed by atoms with Crippen molar-refractivity contribution in [2.45, 2.75) is 13.8 Å². The first kappa shape index (κ1) is 13.3. The molecule has 0 atom stereocenters. The van der Waals surface area contributed by atoms with E-state index in [1.807, 2.05) is 19.1 Å². The average Bonchev–Trinajstić information content (AvgIpc) is 2.70. The summed E-state index contributed by atoms with van der Waals surface area (Å²) in [5, 5.41) is 12.2. The Morgan fingerprint density at radius 2 is 1.95 bits per heavy atom. The second-order valence-electron chi connectivity index (χ2n) is 4.25. The van der Waals surface area contributed by atoms with Crippen LogP contribution in [0.2, 0.25) is 0 Å². The highest BCUT2D eigenvalue weighted by atomic mass is 32.1. The van der Waals surface area contributed by atoms with Crippen LogP contribution in [0.25, 0.3) is 0 Å². The lowest BCUT2D eigenvalue weighted by molar-refractivity contribution is 0.0701. The molecule has 1 aromatic heterocycles. The number of hydrogen-bond donors (Lipinski definition) is 2. The molecule has 98 valence electrons. The Labute approximate surface area is 114 Å². The van der Waals surface area contributed by atoms with Gasteiger partial charge in [0.15, 0.2) is 0 Å². The summed E-state index contributed by atoms with van der Waals surface area (Å²) in [5.74, 6) is -1.21. The van der Waals surface area contributed by atoms with Crippen molar-refractivity contribution in [3.63, 3.8) is 0 Å². The van der Waals surface area contributed by atoms with Crippen LogP contribution in [0.3, 0.4) is 0 Å². The second kappa shape index (κ2) is 5.24. The van der Waals surface area contributed by atoms with Crippen LogP contribution in [-0.2, 0) is 0 Å². The fourth-order valence-electron chi connectivity index (χ4n) is 1.73. The van der Waals surface area contributed by atoms with Crippen molar-refractivity contribution < 1.29 is 14.7 Å². The maximum absolute atomic E-state index is 12.0. The normalized spacial score (nSPS) is 10.2. The van der Waals surface area contributed by atoms with Gasteiger partial charge >= 0.3 is 5.97 Å². The number of rotatable bonds is 3. The van der Waals surface area contributed by atoms with Gasteiger partial charge in [-0.05, 0) is 37.6 Å². The van der Waals surface area contributed by atoms with Crippen LogP contribution >= 0.6 is 11.3 Å². The summed E-state index contributed by atoms with van der Waals surface area (Å²) in [6.07, 6.45) is 0. The van der Waals surface area contributed by atoms with Gasteiger partial charge in [0.05, 0.1) is 5.00 Å². The Hall–Kier alpha value is -2.14. The van der Waals surface area contributed by atoms with Crippen LogP contribution in [0, 0.1) is 13.8 Å². The van der Waals surface area contributed by atoms with Gasteiger partial charge in [0.1, 0.15) is 4.88 Å². The lowest BCUT2D eigenvalue weighted by Crippen LogP contribution is -2.10. The van der Waals surface area contributed by atoms with E-state index in [9.17, 15) is 9.59 Å². The van der Waals surface area contributed by atoms with E-state index in [0.717, 1.165) is 16.9 Å². The summed E-state index contributed by atoms with van der Waals surface area (Å²) < 4.78 is 0. The first-order valence-corrected chi connectivity index (χ1v) is 6.51. The molecule has 0 radical (unpaired) electrons. The maximum atomic E-state index is 12.0. The number of amides is 1. The zero-order chi connectivity index (χ0) is 14.0. The lowest BCUT2D eigenvalue weighted by Gasteiger charge is -2.03. The average molecular weight is 275 g/mol. The molecule has 0 aliphatic rings. The van der Waals surface area contributed by atoms with Gasteiger partial charge in [0, 0.05) is 5.56 Å². The Morgan fingerprint density at radius 1 is 1.21 bits per heavy atom. The second-order valence-corrected chi connectivity index (χ2v) is 5.30. The number of carboxylic acid groups (broad SMARTS) is 1. The van der Waals surface area contributed by atoms with E-state index in [4.69, 9.17) is 5.11 Å². The molecule has 2 N–H and O–H groups in total. The largest absolute Gasteiger partial charge is 0.477 e. The minimum Gasteiger partial charge on any atom is -0.477 e. The molecule has 1 heterocycles. The van der Waals surface area contributed by atoms with E-state index in [1.165, 1.54) is 0 Å². The molecule has 0 saturated heterocycles. The van der Waals surface area contributed by atoms with Crippen LogP contribution in [0.4, 0.5) is 5.00 Å². The van der Waals surface area contributed by atoms with Gasteiger partial charge in [-0.3, -0.25) is 4.79 Å². The smallest absolute Gasteiger partial charge is 0.346 e. The highest BCUT2D eigenvalue weighted by molar-refractivity contribution is 7.18. The number of hydrogen-bond acceptors (Lipinski definition) is 3. The zero-order valence-electron chi connectivity index (χ0n) is 10.6. The van der Waals surface area contributed by atoms with E-state index in [2.05, 4.69) is 5.32 Å². The van der Waals surface area contributed by atoms with Crippen LogP contribution in [0.1, 0.15) is 31.2 Å². The van der Waals surface area contributed by atoms with Crippen molar-refractivity contribution in [1.82, 2.24) is 0 Å². The molecule has 19 heavy (non-hydrogen) atoms. The van der Waals surface area contributed by atoms with Crippen molar-refractivity contribution in [3.05, 3.63) is 51.9 Å². The van der Waals surface area contributed by atoms with E-state index in [1.54, 1.807) is 25.1 Å². The summed E-state index contributed by atoms with van der Waals surface area (Å²) in [5.41, 5.74) is 2.21. The molecule has 0 aliphatic carbocycles. The molecule has 0 aliphatic heterocycles. The highest BCUT2D eigenvalue weighted by Crippen LogP contribution is 2.27. The minimum absolute atomic E-state index is 0.234. The maximum Gasteiger partial charge on any atom is 0.346 e. The first-order chi connectivity index (χ1) is 8.97. The van der Waals surface area contributed by atoms with Crippen molar-refractivity contribution in [3.8, 4) is 0 Å². The molecule has 0 fully saturated rings. The van der Waals surface area contributed by atoms with Crippen molar-refractivity contribution in [2.75, 3.05) is 5.32 Å². The summed E-state index contributed by atoms with van der Waals surface area (Å²) in [7, 11) is 0. The van der Waals surface area contributed by atoms with Gasteiger partial charge in [0.25, 0.3) is 5.91 Å². The van der Waals surface area contributed by atoms with Gasteiger partial charge in [-0.2, -0.15) is 0 Å². The quantitative estimate of drug-likeness (QED) is 0.903. The van der Waals surface area contributed by atoms with Gasteiger partial charge in [-0.1, -0.05) is 17.7 Å². The SMILES string of the molecule is Cc1cccc(C(=O)Nc2cc(C)c(C(=O)O)s2)c1. The number of aromatic carboxylic acids is 1. The summed E-state index contributed by atoms with van der Waals surface area (Å²) in [6.45, 7) is 3.62. The first-order valence-electron chi connectivity index (χ1n) is 5.69. The van der Waals surface area contributed by atoms with Crippen LogP contribution in [0.5, 0.6) is 0 Å². The molecule has 0 unspecified atom stereocenters. The van der Waals surface area contributed by atoms with Gasteiger partial charge in [-0.15, -0.1) is 11.3 Å². The molecule has 4 nitrogen and oxygen atoms in total. The van der Waals surface area contributed by atoms with E-state index >= 15 is 0 Å². The number of aryl methyl sites for hydroxylation is 2. The van der Waals surface area contributed by atoms with Crippen LogP contribution in [0.15, 0.2) is 30.3 Å². The fraction of sp³-hybridized carbons (Fsp3) is 0.143. The number of anilines is 1. The molecular weight excluding hydrogens is 262 g/mol. The standard InChI is InChI=1S/C14H13NO3S/c1-8-4-3-5-10(6-8)13(16)15-11-7-9(2)12(19-11)14(17)18/h3-7H,1-2H3,(H,15,16)(H,17,18). The Balaban J connectivity index is 2.20. The molecule has 0 saturated carbocycles. The monoisotopic (exact) mass is 275 g/mol. The van der Waals surface area contributed by atoms with Crippen LogP contribution in [-0.4, -0.2) is 17.0 Å². The summed E-state index contributed by atoms with van der Waals surface area (Å²) in [4.78, 5) is 23.2. The highest BCUT2D eigenvalue weighted by Gasteiger charge is 2.14. The molecule has 1 amide bonds. The third-order valence-electron chi connectivity index (χ3n) is 2.63. The summed E-state index contributed by atoms with van der Waals surface area (Å²) >= 11 is 1.06. The molecule has 1 aromatic carbocycles. The number of benzene rings is 1. The van der Waals surface area contributed by atoms with Crippen LogP contribution < -0.4 is 5.32 Å².